The minimum atomic E-state index is -3.57. The maximum Gasteiger partial charge on any atom is 0.255 e. The van der Waals surface area contributed by atoms with Gasteiger partial charge in [0.05, 0.1) is 16.8 Å². The van der Waals surface area contributed by atoms with E-state index >= 15 is 0 Å². The lowest BCUT2D eigenvalue weighted by Gasteiger charge is -2.16. The van der Waals surface area contributed by atoms with Gasteiger partial charge in [0.15, 0.2) is 5.82 Å². The molecule has 0 radical (unpaired) electrons. The molecule has 3 heterocycles. The summed E-state index contributed by atoms with van der Waals surface area (Å²) in [6.07, 6.45) is 6.68. The number of carbonyl (C=O) groups is 1. The average molecular weight is 397 g/mol. The molecule has 0 aliphatic carbocycles. The van der Waals surface area contributed by atoms with Crippen molar-refractivity contribution in [1.82, 2.24) is 19.1 Å². The van der Waals surface area contributed by atoms with Gasteiger partial charge in [-0.3, -0.25) is 4.79 Å². The SMILES string of the molecule is O=C(Nc1ccc(-n2cccn2)nc1)c1cccc(S(=O)(=O)N2CCCC2)c1. The number of hydrogen-bond donors (Lipinski definition) is 1. The molecular formula is C19H19N5O3S. The summed E-state index contributed by atoms with van der Waals surface area (Å²) in [5.41, 5.74) is 0.783. The van der Waals surface area contributed by atoms with Gasteiger partial charge in [-0.25, -0.2) is 18.1 Å². The first-order chi connectivity index (χ1) is 13.5. The van der Waals surface area contributed by atoms with Gasteiger partial charge in [0, 0.05) is 31.0 Å². The Bertz CT molecular complexity index is 1070. The summed E-state index contributed by atoms with van der Waals surface area (Å²) in [5.74, 6) is 0.230. The Labute approximate surface area is 162 Å². The predicted octanol–water partition coefficient (Wildman–Crippen LogP) is 2.30. The lowest BCUT2D eigenvalue weighted by atomic mass is 10.2. The maximum atomic E-state index is 12.7. The minimum Gasteiger partial charge on any atom is -0.321 e. The second kappa shape index (κ2) is 7.53. The highest BCUT2D eigenvalue weighted by Gasteiger charge is 2.27. The Kier molecular flexibility index (Phi) is 4.93. The topological polar surface area (TPSA) is 97.2 Å². The third kappa shape index (κ3) is 3.67. The fourth-order valence-corrected chi connectivity index (χ4v) is 4.64. The molecule has 0 spiro atoms. The minimum absolute atomic E-state index is 0.134. The van der Waals surface area contributed by atoms with Crippen molar-refractivity contribution < 1.29 is 13.2 Å². The second-order valence-corrected chi connectivity index (χ2v) is 8.39. The fourth-order valence-electron chi connectivity index (χ4n) is 3.08. The molecule has 1 saturated heterocycles. The molecule has 1 amide bonds. The molecule has 144 valence electrons. The van der Waals surface area contributed by atoms with Gasteiger partial charge < -0.3 is 5.32 Å². The number of rotatable bonds is 5. The predicted molar refractivity (Wildman–Crippen MR) is 104 cm³/mol. The molecule has 4 rings (SSSR count). The quantitative estimate of drug-likeness (QED) is 0.712. The van der Waals surface area contributed by atoms with Gasteiger partial charge in [-0.15, -0.1) is 0 Å². The monoisotopic (exact) mass is 397 g/mol. The maximum absolute atomic E-state index is 12.7. The van der Waals surface area contributed by atoms with Crippen LogP contribution in [0.1, 0.15) is 23.2 Å². The number of pyridine rings is 1. The molecule has 0 atom stereocenters. The smallest absolute Gasteiger partial charge is 0.255 e. The lowest BCUT2D eigenvalue weighted by molar-refractivity contribution is 0.102. The van der Waals surface area contributed by atoms with E-state index in [0.717, 1.165) is 12.8 Å². The fraction of sp³-hybridized carbons (Fsp3) is 0.211. The van der Waals surface area contributed by atoms with Crippen molar-refractivity contribution in [3.8, 4) is 5.82 Å². The van der Waals surface area contributed by atoms with Crippen molar-refractivity contribution in [3.63, 3.8) is 0 Å². The summed E-state index contributed by atoms with van der Waals surface area (Å²) >= 11 is 0. The highest BCUT2D eigenvalue weighted by molar-refractivity contribution is 7.89. The first-order valence-corrected chi connectivity index (χ1v) is 10.4. The highest BCUT2D eigenvalue weighted by atomic mass is 32.2. The molecule has 0 unspecified atom stereocenters. The van der Waals surface area contributed by atoms with Gasteiger partial charge in [-0.05, 0) is 49.2 Å². The van der Waals surface area contributed by atoms with E-state index < -0.39 is 15.9 Å². The Morgan fingerprint density at radius 3 is 2.57 bits per heavy atom. The van der Waals surface area contributed by atoms with Crippen molar-refractivity contribution in [2.75, 3.05) is 18.4 Å². The summed E-state index contributed by atoms with van der Waals surface area (Å²) < 4.78 is 28.5. The molecule has 1 aromatic carbocycles. The van der Waals surface area contributed by atoms with Crippen LogP contribution in [0.15, 0.2) is 66.0 Å². The third-order valence-corrected chi connectivity index (χ3v) is 6.44. The van der Waals surface area contributed by atoms with E-state index in [1.807, 2.05) is 0 Å². The van der Waals surface area contributed by atoms with E-state index in [9.17, 15) is 13.2 Å². The van der Waals surface area contributed by atoms with Crippen LogP contribution in [-0.2, 0) is 10.0 Å². The Morgan fingerprint density at radius 1 is 1.07 bits per heavy atom. The van der Waals surface area contributed by atoms with Crippen LogP contribution in [0.2, 0.25) is 0 Å². The van der Waals surface area contributed by atoms with E-state index in [-0.39, 0.29) is 10.5 Å². The molecule has 1 fully saturated rings. The molecule has 3 aromatic rings. The highest BCUT2D eigenvalue weighted by Crippen LogP contribution is 2.22. The summed E-state index contributed by atoms with van der Waals surface area (Å²) in [4.78, 5) is 17.0. The van der Waals surface area contributed by atoms with E-state index in [0.29, 0.717) is 24.6 Å². The van der Waals surface area contributed by atoms with Gasteiger partial charge in [-0.1, -0.05) is 6.07 Å². The normalized spacial score (nSPS) is 14.9. The Balaban J connectivity index is 1.51. The molecule has 0 saturated carbocycles. The summed E-state index contributed by atoms with van der Waals surface area (Å²) in [5, 5.41) is 6.84. The summed E-state index contributed by atoms with van der Waals surface area (Å²) in [6, 6.07) is 11.3. The van der Waals surface area contributed by atoms with Crippen LogP contribution in [-0.4, -0.2) is 46.5 Å². The van der Waals surface area contributed by atoms with E-state index in [1.165, 1.54) is 22.6 Å². The number of nitrogens with one attached hydrogen (secondary N) is 1. The van der Waals surface area contributed by atoms with Crippen molar-refractivity contribution in [2.24, 2.45) is 0 Å². The molecule has 1 aliphatic heterocycles. The van der Waals surface area contributed by atoms with Gasteiger partial charge in [-0.2, -0.15) is 9.40 Å². The van der Waals surface area contributed by atoms with Gasteiger partial charge >= 0.3 is 0 Å². The van der Waals surface area contributed by atoms with Crippen LogP contribution in [0.25, 0.3) is 5.82 Å². The van der Waals surface area contributed by atoms with Gasteiger partial charge in [0.25, 0.3) is 5.91 Å². The van der Waals surface area contributed by atoms with Crippen molar-refractivity contribution >= 4 is 21.6 Å². The molecule has 2 aromatic heterocycles. The Morgan fingerprint density at radius 2 is 1.89 bits per heavy atom. The van der Waals surface area contributed by atoms with Crippen LogP contribution in [0.3, 0.4) is 0 Å². The van der Waals surface area contributed by atoms with Crippen molar-refractivity contribution in [1.29, 1.82) is 0 Å². The zero-order valence-electron chi connectivity index (χ0n) is 15.0. The first kappa shape index (κ1) is 18.3. The molecule has 0 bridgehead atoms. The molecule has 1 N–H and O–H groups in total. The van der Waals surface area contributed by atoms with E-state index in [2.05, 4.69) is 15.4 Å². The third-order valence-electron chi connectivity index (χ3n) is 4.54. The summed E-state index contributed by atoms with van der Waals surface area (Å²) in [6.45, 7) is 1.04. The van der Waals surface area contributed by atoms with Crippen LogP contribution >= 0.6 is 0 Å². The zero-order valence-corrected chi connectivity index (χ0v) is 15.8. The van der Waals surface area contributed by atoms with Crippen LogP contribution in [0, 0.1) is 0 Å². The number of anilines is 1. The van der Waals surface area contributed by atoms with E-state index in [1.54, 1.807) is 47.4 Å². The average Bonchev–Trinajstić information content (AvgIpc) is 3.43. The van der Waals surface area contributed by atoms with Crippen molar-refractivity contribution in [2.45, 2.75) is 17.7 Å². The second-order valence-electron chi connectivity index (χ2n) is 6.45. The number of aromatic nitrogens is 3. The van der Waals surface area contributed by atoms with Crippen molar-refractivity contribution in [3.05, 3.63) is 66.6 Å². The number of carbonyl (C=O) groups excluding carboxylic acids is 1. The van der Waals surface area contributed by atoms with Crippen LogP contribution in [0.4, 0.5) is 5.69 Å². The van der Waals surface area contributed by atoms with E-state index in [4.69, 9.17) is 0 Å². The lowest BCUT2D eigenvalue weighted by Crippen LogP contribution is -2.28. The zero-order chi connectivity index (χ0) is 19.6. The largest absolute Gasteiger partial charge is 0.321 e. The molecule has 8 nitrogen and oxygen atoms in total. The number of hydrogen-bond acceptors (Lipinski definition) is 5. The molecule has 1 aliphatic rings. The Hall–Kier alpha value is -3.04. The number of nitrogens with zero attached hydrogens (tertiary/aromatic N) is 4. The van der Waals surface area contributed by atoms with Crippen LogP contribution < -0.4 is 5.32 Å². The number of sulfonamides is 1. The summed E-state index contributed by atoms with van der Waals surface area (Å²) in [7, 11) is -3.57. The first-order valence-electron chi connectivity index (χ1n) is 8.92. The van der Waals surface area contributed by atoms with Gasteiger partial charge in [0.2, 0.25) is 10.0 Å². The molecular weight excluding hydrogens is 378 g/mol. The molecule has 9 heteroatoms. The van der Waals surface area contributed by atoms with Gasteiger partial charge in [0.1, 0.15) is 0 Å². The van der Waals surface area contributed by atoms with Crippen LogP contribution in [0.5, 0.6) is 0 Å². The number of benzene rings is 1. The number of amides is 1. The molecule has 28 heavy (non-hydrogen) atoms. The standard InChI is InChI=1S/C19H19N5O3S/c25-19(22-16-7-8-18(20-14-16)24-12-4-9-21-24)15-5-3-6-17(13-15)28(26,27)23-10-1-2-11-23/h3-9,12-14H,1-2,10-11H2,(H,22,25).